The summed E-state index contributed by atoms with van der Waals surface area (Å²) in [7, 11) is 0. The van der Waals surface area contributed by atoms with Gasteiger partial charge in [0.25, 0.3) is 11.5 Å². The van der Waals surface area contributed by atoms with Crippen LogP contribution in [0.3, 0.4) is 0 Å². The van der Waals surface area contributed by atoms with Gasteiger partial charge in [0.15, 0.2) is 0 Å². The van der Waals surface area contributed by atoms with E-state index in [1.165, 1.54) is 10.4 Å². The first-order chi connectivity index (χ1) is 15.2. The first-order valence-electron chi connectivity index (χ1n) is 10.3. The lowest BCUT2D eigenvalue weighted by Crippen LogP contribution is -2.48. The molecule has 7 heteroatoms. The minimum atomic E-state index is -0.235. The van der Waals surface area contributed by atoms with Crippen molar-refractivity contribution in [2.75, 3.05) is 31.1 Å². The number of nitrogens with zero attached hydrogens (tertiary/aromatic N) is 5. The summed E-state index contributed by atoms with van der Waals surface area (Å²) in [6, 6.07) is 24.3. The standard InChI is InChI=1S/C24H21N5O2/c30-23(28-16-14-27(15-17-28)19-6-2-1-3-7-19)18-10-12-20(13-11-18)29-24(31)21-8-4-5-9-22(21)25-26-29/h1-13H,14-17H2. The number of fused-ring (bicyclic) bond motifs is 1. The summed E-state index contributed by atoms with van der Waals surface area (Å²) in [5.74, 6) is -0.00351. The Morgan fingerprint density at radius 3 is 2.16 bits per heavy atom. The van der Waals surface area contributed by atoms with Crippen molar-refractivity contribution in [1.82, 2.24) is 19.9 Å². The molecule has 1 aliphatic heterocycles. The molecule has 1 fully saturated rings. The van der Waals surface area contributed by atoms with Crippen LogP contribution in [0.5, 0.6) is 0 Å². The van der Waals surface area contributed by atoms with Gasteiger partial charge in [-0.25, -0.2) is 0 Å². The summed E-state index contributed by atoms with van der Waals surface area (Å²) < 4.78 is 1.26. The van der Waals surface area contributed by atoms with E-state index >= 15 is 0 Å². The van der Waals surface area contributed by atoms with Gasteiger partial charge in [-0.15, -0.1) is 5.10 Å². The third-order valence-electron chi connectivity index (χ3n) is 5.62. The van der Waals surface area contributed by atoms with E-state index in [4.69, 9.17) is 0 Å². The monoisotopic (exact) mass is 411 g/mol. The maximum absolute atomic E-state index is 12.9. The van der Waals surface area contributed by atoms with Crippen molar-refractivity contribution in [3.05, 3.63) is 94.8 Å². The van der Waals surface area contributed by atoms with Gasteiger partial charge in [-0.2, -0.15) is 4.68 Å². The van der Waals surface area contributed by atoms with Crippen LogP contribution in [0.25, 0.3) is 16.6 Å². The molecule has 0 bridgehead atoms. The molecule has 0 unspecified atom stereocenters. The van der Waals surface area contributed by atoms with Crippen molar-refractivity contribution >= 4 is 22.5 Å². The molecular weight excluding hydrogens is 390 g/mol. The predicted octanol–water partition coefficient (Wildman–Crippen LogP) is 2.74. The van der Waals surface area contributed by atoms with Gasteiger partial charge in [0, 0.05) is 37.4 Å². The molecule has 0 saturated carbocycles. The predicted molar refractivity (Wildman–Crippen MR) is 120 cm³/mol. The van der Waals surface area contributed by atoms with E-state index in [-0.39, 0.29) is 11.5 Å². The molecule has 0 spiro atoms. The van der Waals surface area contributed by atoms with Gasteiger partial charge in [-0.05, 0) is 48.5 Å². The molecule has 1 amide bonds. The number of carbonyl (C=O) groups is 1. The van der Waals surface area contributed by atoms with E-state index < -0.39 is 0 Å². The number of para-hydroxylation sites is 1. The maximum atomic E-state index is 12.9. The first kappa shape index (κ1) is 19.0. The van der Waals surface area contributed by atoms with Crippen LogP contribution in [0, 0.1) is 0 Å². The molecule has 1 aromatic heterocycles. The Bertz CT molecular complexity index is 1280. The van der Waals surface area contributed by atoms with Gasteiger partial charge < -0.3 is 9.80 Å². The van der Waals surface area contributed by atoms with E-state index in [1.54, 1.807) is 42.5 Å². The maximum Gasteiger partial charge on any atom is 0.282 e. The van der Waals surface area contributed by atoms with Crippen molar-refractivity contribution in [2.45, 2.75) is 0 Å². The quantitative estimate of drug-likeness (QED) is 0.518. The molecule has 154 valence electrons. The second kappa shape index (κ2) is 8.02. The number of anilines is 1. The van der Waals surface area contributed by atoms with Crippen LogP contribution in [0.1, 0.15) is 10.4 Å². The number of amides is 1. The van der Waals surface area contributed by atoms with Gasteiger partial charge in [0.2, 0.25) is 0 Å². The Kier molecular flexibility index (Phi) is 4.92. The summed E-state index contributed by atoms with van der Waals surface area (Å²) in [4.78, 5) is 29.8. The average Bonchev–Trinajstić information content (AvgIpc) is 2.85. The fourth-order valence-corrected chi connectivity index (χ4v) is 3.89. The summed E-state index contributed by atoms with van der Waals surface area (Å²) in [5.41, 5.74) is 2.68. The molecule has 7 nitrogen and oxygen atoms in total. The van der Waals surface area contributed by atoms with Crippen LogP contribution in [0.4, 0.5) is 5.69 Å². The SMILES string of the molecule is O=C(c1ccc(-n2nnc3ccccc3c2=O)cc1)N1CCN(c2ccccc2)CC1. The van der Waals surface area contributed by atoms with Crippen molar-refractivity contribution < 1.29 is 4.79 Å². The lowest BCUT2D eigenvalue weighted by Gasteiger charge is -2.36. The van der Waals surface area contributed by atoms with Crippen molar-refractivity contribution in [2.24, 2.45) is 0 Å². The van der Waals surface area contributed by atoms with E-state index in [0.717, 1.165) is 13.1 Å². The molecule has 5 rings (SSSR count). The van der Waals surface area contributed by atoms with E-state index in [0.29, 0.717) is 35.2 Å². The van der Waals surface area contributed by atoms with Gasteiger partial charge in [0.1, 0.15) is 5.52 Å². The number of rotatable bonds is 3. The van der Waals surface area contributed by atoms with Crippen LogP contribution < -0.4 is 10.5 Å². The van der Waals surface area contributed by atoms with Crippen LogP contribution in [-0.4, -0.2) is 52.0 Å². The second-order valence-electron chi connectivity index (χ2n) is 7.49. The number of carbonyl (C=O) groups excluding carboxylic acids is 1. The first-order valence-corrected chi connectivity index (χ1v) is 10.3. The highest BCUT2D eigenvalue weighted by Crippen LogP contribution is 2.17. The number of benzene rings is 3. The number of hydrogen-bond acceptors (Lipinski definition) is 5. The summed E-state index contributed by atoms with van der Waals surface area (Å²) in [5, 5.41) is 8.65. The smallest absolute Gasteiger partial charge is 0.282 e. The third-order valence-corrected chi connectivity index (χ3v) is 5.62. The Balaban J connectivity index is 1.31. The number of aromatic nitrogens is 3. The van der Waals surface area contributed by atoms with E-state index in [1.807, 2.05) is 29.2 Å². The number of piperazine rings is 1. The highest BCUT2D eigenvalue weighted by atomic mass is 16.2. The molecule has 0 atom stereocenters. The molecule has 0 N–H and O–H groups in total. The molecule has 31 heavy (non-hydrogen) atoms. The zero-order chi connectivity index (χ0) is 21.2. The molecule has 0 aliphatic carbocycles. The molecule has 0 radical (unpaired) electrons. The van der Waals surface area contributed by atoms with Crippen molar-refractivity contribution in [3.63, 3.8) is 0 Å². The Morgan fingerprint density at radius 1 is 0.742 bits per heavy atom. The zero-order valence-electron chi connectivity index (χ0n) is 16.9. The lowest BCUT2D eigenvalue weighted by atomic mass is 10.1. The van der Waals surface area contributed by atoms with Crippen molar-refractivity contribution in [1.29, 1.82) is 0 Å². The summed E-state index contributed by atoms with van der Waals surface area (Å²) in [6.07, 6.45) is 0. The minimum absolute atomic E-state index is 0.00351. The molecule has 4 aromatic rings. The highest BCUT2D eigenvalue weighted by molar-refractivity contribution is 5.94. The van der Waals surface area contributed by atoms with Crippen LogP contribution in [0.15, 0.2) is 83.7 Å². The summed E-state index contributed by atoms with van der Waals surface area (Å²) in [6.45, 7) is 2.95. The number of hydrogen-bond donors (Lipinski definition) is 0. The van der Waals surface area contributed by atoms with Crippen LogP contribution >= 0.6 is 0 Å². The van der Waals surface area contributed by atoms with Crippen LogP contribution in [-0.2, 0) is 0 Å². The molecule has 1 saturated heterocycles. The normalized spacial score (nSPS) is 14.1. The van der Waals surface area contributed by atoms with Crippen molar-refractivity contribution in [3.8, 4) is 5.69 Å². The zero-order valence-corrected chi connectivity index (χ0v) is 16.9. The fourth-order valence-electron chi connectivity index (χ4n) is 3.89. The van der Waals surface area contributed by atoms with Gasteiger partial charge in [-0.1, -0.05) is 35.5 Å². The third kappa shape index (κ3) is 3.66. The fraction of sp³-hybridized carbons (Fsp3) is 0.167. The van der Waals surface area contributed by atoms with E-state index in [9.17, 15) is 9.59 Å². The van der Waals surface area contributed by atoms with E-state index in [2.05, 4.69) is 27.3 Å². The Morgan fingerprint density at radius 2 is 1.42 bits per heavy atom. The second-order valence-corrected chi connectivity index (χ2v) is 7.49. The largest absolute Gasteiger partial charge is 0.368 e. The molecule has 2 heterocycles. The molecule has 3 aromatic carbocycles. The van der Waals surface area contributed by atoms with Gasteiger partial charge >= 0.3 is 0 Å². The average molecular weight is 411 g/mol. The van der Waals surface area contributed by atoms with Crippen LogP contribution in [0.2, 0.25) is 0 Å². The van der Waals surface area contributed by atoms with Gasteiger partial charge in [0.05, 0.1) is 11.1 Å². The molecular formula is C24H21N5O2. The highest BCUT2D eigenvalue weighted by Gasteiger charge is 2.22. The van der Waals surface area contributed by atoms with Gasteiger partial charge in [-0.3, -0.25) is 9.59 Å². The summed E-state index contributed by atoms with van der Waals surface area (Å²) >= 11 is 0. The minimum Gasteiger partial charge on any atom is -0.368 e. The molecule has 1 aliphatic rings. The topological polar surface area (TPSA) is 71.3 Å². The Labute approximate surface area is 179 Å². The lowest BCUT2D eigenvalue weighted by molar-refractivity contribution is 0.0747. The Hall–Kier alpha value is -4.00.